The first-order valence-electron chi connectivity index (χ1n) is 6.41. The molecular weight excluding hydrogens is 278 g/mol. The van der Waals surface area contributed by atoms with E-state index in [4.69, 9.17) is 4.74 Å². The summed E-state index contributed by atoms with van der Waals surface area (Å²) in [6, 6.07) is 4.54. The van der Waals surface area contributed by atoms with Gasteiger partial charge >= 0.3 is 0 Å². The van der Waals surface area contributed by atoms with E-state index in [1.807, 2.05) is 20.8 Å². The van der Waals surface area contributed by atoms with Gasteiger partial charge < -0.3 is 20.3 Å². The molecule has 0 bridgehead atoms. The van der Waals surface area contributed by atoms with Crippen molar-refractivity contribution >= 4 is 10.8 Å². The topological polar surface area (TPSA) is 78.8 Å². The van der Waals surface area contributed by atoms with E-state index in [0.717, 1.165) is 0 Å². The highest BCUT2D eigenvalue weighted by molar-refractivity contribution is 7.84. The summed E-state index contributed by atoms with van der Waals surface area (Å²) in [6.07, 6.45) is 0.847. The number of aliphatic hydroxyl groups is 1. The van der Waals surface area contributed by atoms with E-state index in [1.165, 1.54) is 18.4 Å². The number of hydrogen-bond donors (Lipinski definition) is 3. The van der Waals surface area contributed by atoms with Gasteiger partial charge in [-0.05, 0) is 39.0 Å². The molecule has 20 heavy (non-hydrogen) atoms. The zero-order valence-electron chi connectivity index (χ0n) is 12.3. The molecule has 2 unspecified atom stereocenters. The minimum atomic E-state index is -1.29. The van der Waals surface area contributed by atoms with Gasteiger partial charge in [-0.2, -0.15) is 0 Å². The number of phenols is 1. The first-order chi connectivity index (χ1) is 9.19. The van der Waals surface area contributed by atoms with Gasteiger partial charge in [0.1, 0.15) is 24.2 Å². The quantitative estimate of drug-likeness (QED) is 0.737. The maximum Gasteiger partial charge on any atom is 0.131 e. The molecular formula is C14H23NO4S. The zero-order valence-corrected chi connectivity index (χ0v) is 13.2. The number of phenolic OH excluding ortho intramolecular Hbond substituents is 1. The van der Waals surface area contributed by atoms with Crippen LogP contribution in [0.15, 0.2) is 23.1 Å². The predicted molar refractivity (Wildman–Crippen MR) is 79.7 cm³/mol. The van der Waals surface area contributed by atoms with Crippen LogP contribution in [-0.2, 0) is 10.8 Å². The minimum absolute atomic E-state index is 0.0202. The Morgan fingerprint density at radius 3 is 2.60 bits per heavy atom. The molecule has 1 aromatic carbocycles. The molecule has 1 aromatic rings. The Morgan fingerprint density at radius 1 is 1.40 bits per heavy atom. The first kappa shape index (κ1) is 16.9. The lowest BCUT2D eigenvalue weighted by Crippen LogP contribution is -2.42. The van der Waals surface area contributed by atoms with Crippen LogP contribution in [0.4, 0.5) is 0 Å². The third-order valence-electron chi connectivity index (χ3n) is 2.55. The van der Waals surface area contributed by atoms with Crippen molar-refractivity contribution in [3.05, 3.63) is 18.2 Å². The Hall–Kier alpha value is -1.11. The molecule has 5 nitrogen and oxygen atoms in total. The second kappa shape index (κ2) is 7.06. The molecule has 0 aromatic heterocycles. The van der Waals surface area contributed by atoms with Crippen molar-refractivity contribution in [1.29, 1.82) is 0 Å². The van der Waals surface area contributed by atoms with Gasteiger partial charge in [0.05, 0.1) is 15.7 Å². The molecule has 0 aliphatic carbocycles. The van der Waals surface area contributed by atoms with Crippen molar-refractivity contribution in [1.82, 2.24) is 5.32 Å². The summed E-state index contributed by atoms with van der Waals surface area (Å²) < 4.78 is 16.8. The van der Waals surface area contributed by atoms with Crippen LogP contribution in [0.5, 0.6) is 11.5 Å². The smallest absolute Gasteiger partial charge is 0.131 e. The van der Waals surface area contributed by atoms with E-state index in [0.29, 0.717) is 17.2 Å². The van der Waals surface area contributed by atoms with Gasteiger partial charge in [0.2, 0.25) is 0 Å². The van der Waals surface area contributed by atoms with Gasteiger partial charge in [-0.15, -0.1) is 0 Å². The van der Waals surface area contributed by atoms with Crippen molar-refractivity contribution in [2.24, 2.45) is 0 Å². The lowest BCUT2D eigenvalue weighted by atomic mass is 10.1. The van der Waals surface area contributed by atoms with E-state index in [1.54, 1.807) is 6.07 Å². The van der Waals surface area contributed by atoms with Gasteiger partial charge in [-0.3, -0.25) is 4.21 Å². The second-order valence-electron chi connectivity index (χ2n) is 5.68. The molecule has 0 saturated carbocycles. The van der Waals surface area contributed by atoms with Gasteiger partial charge in [0.25, 0.3) is 0 Å². The van der Waals surface area contributed by atoms with Crippen molar-refractivity contribution in [2.75, 3.05) is 19.4 Å². The van der Waals surface area contributed by atoms with Gasteiger partial charge in [-0.25, -0.2) is 0 Å². The summed E-state index contributed by atoms with van der Waals surface area (Å²) in [4.78, 5) is 0.324. The summed E-state index contributed by atoms with van der Waals surface area (Å²) in [7, 11) is -1.29. The second-order valence-corrected chi connectivity index (χ2v) is 7.03. The van der Waals surface area contributed by atoms with Crippen LogP contribution in [0.3, 0.4) is 0 Å². The third-order valence-corrected chi connectivity index (χ3v) is 3.50. The summed E-state index contributed by atoms with van der Waals surface area (Å²) in [5, 5.41) is 22.5. The van der Waals surface area contributed by atoms with E-state index < -0.39 is 16.9 Å². The van der Waals surface area contributed by atoms with Gasteiger partial charge in [0.15, 0.2) is 0 Å². The number of β-amino-alcohol motifs (C(OH)–C–C–N with tert-alkyl or cyclic N) is 1. The summed E-state index contributed by atoms with van der Waals surface area (Å²) >= 11 is 0. The summed E-state index contributed by atoms with van der Waals surface area (Å²) in [5.74, 6) is 0.455. The summed E-state index contributed by atoms with van der Waals surface area (Å²) in [5.41, 5.74) is -0.0637. The van der Waals surface area contributed by atoms with Crippen LogP contribution >= 0.6 is 0 Å². The van der Waals surface area contributed by atoms with E-state index in [9.17, 15) is 14.4 Å². The number of hydrogen-bond acceptors (Lipinski definition) is 5. The third kappa shape index (κ3) is 5.90. The molecule has 0 aliphatic rings. The fourth-order valence-corrected chi connectivity index (χ4v) is 2.13. The minimum Gasteiger partial charge on any atom is -0.507 e. The van der Waals surface area contributed by atoms with Crippen LogP contribution in [0.25, 0.3) is 0 Å². The normalized spacial score (nSPS) is 14.8. The molecule has 0 fully saturated rings. The fraction of sp³-hybridized carbons (Fsp3) is 0.571. The van der Waals surface area contributed by atoms with Crippen molar-refractivity contribution in [2.45, 2.75) is 37.3 Å². The van der Waals surface area contributed by atoms with Crippen molar-refractivity contribution < 1.29 is 19.2 Å². The Balaban J connectivity index is 2.53. The highest BCUT2D eigenvalue weighted by atomic mass is 32.2. The first-order valence-corrected chi connectivity index (χ1v) is 7.97. The molecule has 2 atom stereocenters. The van der Waals surface area contributed by atoms with E-state index >= 15 is 0 Å². The Morgan fingerprint density at radius 2 is 2.05 bits per heavy atom. The lowest BCUT2D eigenvalue weighted by molar-refractivity contribution is 0.0999. The molecule has 0 amide bonds. The number of aromatic hydroxyl groups is 1. The number of ether oxygens (including phenoxy) is 1. The number of nitrogens with one attached hydrogen (secondary N) is 1. The fourth-order valence-electron chi connectivity index (χ4n) is 1.49. The van der Waals surface area contributed by atoms with Crippen LogP contribution in [0, 0.1) is 0 Å². The van der Waals surface area contributed by atoms with E-state index in [-0.39, 0.29) is 17.9 Å². The molecule has 0 aliphatic heterocycles. The molecule has 0 saturated heterocycles. The van der Waals surface area contributed by atoms with Crippen LogP contribution < -0.4 is 10.1 Å². The SMILES string of the molecule is CS(=O)c1cc(OCC(O)CNC(C)(C)C)ccc1O. The van der Waals surface area contributed by atoms with Crippen LogP contribution in [0.2, 0.25) is 0 Å². The molecule has 3 N–H and O–H groups in total. The maximum absolute atomic E-state index is 11.4. The van der Waals surface area contributed by atoms with E-state index in [2.05, 4.69) is 5.32 Å². The predicted octanol–water partition coefficient (Wildman–Crippen LogP) is 1.26. The average Bonchev–Trinajstić information content (AvgIpc) is 2.34. The number of rotatable bonds is 6. The maximum atomic E-state index is 11.4. The lowest BCUT2D eigenvalue weighted by Gasteiger charge is -2.23. The largest absolute Gasteiger partial charge is 0.507 e. The molecule has 114 valence electrons. The van der Waals surface area contributed by atoms with Crippen LogP contribution in [-0.4, -0.2) is 45.5 Å². The van der Waals surface area contributed by atoms with Crippen molar-refractivity contribution in [3.8, 4) is 11.5 Å². The Bertz CT molecular complexity index is 471. The van der Waals surface area contributed by atoms with Gasteiger partial charge in [0, 0.05) is 18.3 Å². The zero-order chi connectivity index (χ0) is 15.3. The highest BCUT2D eigenvalue weighted by Gasteiger charge is 2.13. The Labute approximate surface area is 122 Å². The van der Waals surface area contributed by atoms with Crippen molar-refractivity contribution in [3.63, 3.8) is 0 Å². The molecule has 0 spiro atoms. The molecule has 0 radical (unpaired) electrons. The Kier molecular flexibility index (Phi) is 5.98. The number of benzene rings is 1. The number of aliphatic hydroxyl groups excluding tert-OH is 1. The molecule has 6 heteroatoms. The standard InChI is InChI=1S/C14H23NO4S/c1-14(2,3)15-8-10(16)9-19-11-5-6-12(17)13(7-11)20(4)18/h5-7,10,15-17H,8-9H2,1-4H3. The van der Waals surface area contributed by atoms with Crippen LogP contribution in [0.1, 0.15) is 20.8 Å². The highest BCUT2D eigenvalue weighted by Crippen LogP contribution is 2.25. The van der Waals surface area contributed by atoms with Gasteiger partial charge in [-0.1, -0.05) is 0 Å². The molecule has 0 heterocycles. The molecule has 1 rings (SSSR count). The monoisotopic (exact) mass is 301 g/mol. The average molecular weight is 301 g/mol. The summed E-state index contributed by atoms with van der Waals surface area (Å²) in [6.45, 7) is 6.61.